The van der Waals surface area contributed by atoms with Crippen molar-refractivity contribution in [1.82, 2.24) is 9.97 Å². The van der Waals surface area contributed by atoms with Crippen molar-refractivity contribution in [2.24, 2.45) is 0 Å². The molecule has 0 atom stereocenters. The lowest BCUT2D eigenvalue weighted by Crippen LogP contribution is -2.03. The third kappa shape index (κ3) is 3.53. The number of halogens is 1. The predicted octanol–water partition coefficient (Wildman–Crippen LogP) is 4.72. The minimum Gasteiger partial charge on any atom is -0.340 e. The predicted molar refractivity (Wildman–Crippen MR) is 83.0 cm³/mol. The summed E-state index contributed by atoms with van der Waals surface area (Å²) in [5, 5.41) is 3.37. The Morgan fingerprint density at radius 2 is 1.84 bits per heavy atom. The number of nitrogens with one attached hydrogen (secondary N) is 1. The van der Waals surface area contributed by atoms with Gasteiger partial charge in [0.05, 0.1) is 0 Å². The van der Waals surface area contributed by atoms with E-state index < -0.39 is 0 Å². The van der Waals surface area contributed by atoms with Gasteiger partial charge in [0.1, 0.15) is 16.2 Å². The first-order chi connectivity index (χ1) is 8.95. The van der Waals surface area contributed by atoms with Crippen LogP contribution in [0.3, 0.4) is 0 Å². The van der Waals surface area contributed by atoms with Gasteiger partial charge in [0.2, 0.25) is 0 Å². The molecular formula is C15H18BrN3. The zero-order valence-electron chi connectivity index (χ0n) is 11.7. The van der Waals surface area contributed by atoms with Gasteiger partial charge in [-0.3, -0.25) is 0 Å². The lowest BCUT2D eigenvalue weighted by molar-refractivity contribution is 0.771. The van der Waals surface area contributed by atoms with Gasteiger partial charge >= 0.3 is 0 Å². The molecule has 19 heavy (non-hydrogen) atoms. The fraction of sp³-hybridized carbons (Fsp3) is 0.333. The van der Waals surface area contributed by atoms with Gasteiger partial charge in [-0.2, -0.15) is 0 Å². The molecule has 1 heterocycles. The molecule has 0 aliphatic carbocycles. The van der Waals surface area contributed by atoms with Crippen LogP contribution in [0.15, 0.2) is 28.9 Å². The number of benzene rings is 1. The van der Waals surface area contributed by atoms with Crippen molar-refractivity contribution in [2.75, 3.05) is 5.32 Å². The number of hydrogen-bond donors (Lipinski definition) is 1. The molecule has 2 aromatic rings. The summed E-state index contributed by atoms with van der Waals surface area (Å²) in [6.45, 7) is 8.34. The molecule has 1 aromatic heterocycles. The number of aryl methyl sites for hydroxylation is 2. The Labute approximate surface area is 122 Å². The second kappa shape index (κ2) is 5.70. The van der Waals surface area contributed by atoms with Crippen molar-refractivity contribution >= 4 is 27.4 Å². The molecule has 0 bridgehead atoms. The van der Waals surface area contributed by atoms with Gasteiger partial charge in [-0.15, -0.1) is 0 Å². The first kappa shape index (κ1) is 14.0. The summed E-state index contributed by atoms with van der Waals surface area (Å²) < 4.78 is 0.805. The minimum absolute atomic E-state index is 0.302. The van der Waals surface area contributed by atoms with Crippen LogP contribution in [0.2, 0.25) is 0 Å². The maximum atomic E-state index is 4.55. The Morgan fingerprint density at radius 3 is 2.53 bits per heavy atom. The minimum atomic E-state index is 0.302. The van der Waals surface area contributed by atoms with Crippen LogP contribution < -0.4 is 5.32 Å². The van der Waals surface area contributed by atoms with Crippen molar-refractivity contribution in [3.05, 3.63) is 45.8 Å². The summed E-state index contributed by atoms with van der Waals surface area (Å²) in [6.07, 6.45) is 0. The van der Waals surface area contributed by atoms with Crippen molar-refractivity contribution in [2.45, 2.75) is 33.6 Å². The maximum absolute atomic E-state index is 4.55. The third-order valence-electron chi connectivity index (χ3n) is 2.88. The van der Waals surface area contributed by atoms with Crippen molar-refractivity contribution in [3.63, 3.8) is 0 Å². The highest BCUT2D eigenvalue weighted by atomic mass is 79.9. The van der Waals surface area contributed by atoms with Crippen LogP contribution in [0, 0.1) is 13.8 Å². The molecule has 0 radical (unpaired) electrons. The highest BCUT2D eigenvalue weighted by Crippen LogP contribution is 2.23. The lowest BCUT2D eigenvalue weighted by atomic mass is 10.1. The largest absolute Gasteiger partial charge is 0.340 e. The van der Waals surface area contributed by atoms with E-state index in [1.807, 2.05) is 6.07 Å². The van der Waals surface area contributed by atoms with Crippen LogP contribution in [-0.4, -0.2) is 9.97 Å². The molecule has 2 rings (SSSR count). The molecule has 1 N–H and O–H groups in total. The monoisotopic (exact) mass is 319 g/mol. The average molecular weight is 320 g/mol. The van der Waals surface area contributed by atoms with E-state index >= 15 is 0 Å². The van der Waals surface area contributed by atoms with E-state index in [4.69, 9.17) is 0 Å². The summed E-state index contributed by atoms with van der Waals surface area (Å²) in [5.74, 6) is 1.96. The highest BCUT2D eigenvalue weighted by Gasteiger charge is 2.08. The number of anilines is 2. The van der Waals surface area contributed by atoms with Crippen molar-refractivity contribution in [3.8, 4) is 0 Å². The second-order valence-electron chi connectivity index (χ2n) is 5.03. The van der Waals surface area contributed by atoms with Gasteiger partial charge in [-0.05, 0) is 47.0 Å². The first-order valence-electron chi connectivity index (χ1n) is 6.34. The van der Waals surface area contributed by atoms with Gasteiger partial charge in [0.15, 0.2) is 0 Å². The van der Waals surface area contributed by atoms with Crippen LogP contribution >= 0.6 is 15.9 Å². The Bertz CT molecular complexity index is 594. The second-order valence-corrected chi connectivity index (χ2v) is 5.84. The molecule has 0 aliphatic heterocycles. The van der Waals surface area contributed by atoms with Gasteiger partial charge < -0.3 is 5.32 Å². The van der Waals surface area contributed by atoms with Gasteiger partial charge in [0, 0.05) is 17.7 Å². The van der Waals surface area contributed by atoms with Crippen LogP contribution in [0.25, 0.3) is 0 Å². The molecule has 1 aromatic carbocycles. The third-order valence-corrected chi connectivity index (χ3v) is 3.29. The van der Waals surface area contributed by atoms with Crippen LogP contribution in [0.4, 0.5) is 11.5 Å². The standard InChI is InChI=1S/C15H18BrN3/c1-9(2)15-18-13(16)8-14(19-15)17-12-7-10(3)5-6-11(12)4/h5-9H,1-4H3,(H,17,18,19). The van der Waals surface area contributed by atoms with E-state index in [1.165, 1.54) is 11.1 Å². The van der Waals surface area contributed by atoms with Crippen LogP contribution in [0.1, 0.15) is 36.7 Å². The van der Waals surface area contributed by atoms with Gasteiger partial charge in [0.25, 0.3) is 0 Å². The normalized spacial score (nSPS) is 10.8. The van der Waals surface area contributed by atoms with E-state index in [-0.39, 0.29) is 0 Å². The molecule has 0 spiro atoms. The molecule has 0 saturated carbocycles. The summed E-state index contributed by atoms with van der Waals surface area (Å²) in [7, 11) is 0. The quantitative estimate of drug-likeness (QED) is 0.831. The Morgan fingerprint density at radius 1 is 1.11 bits per heavy atom. The van der Waals surface area contributed by atoms with E-state index in [0.717, 1.165) is 21.9 Å². The molecule has 100 valence electrons. The molecule has 0 aliphatic rings. The Hall–Kier alpha value is -1.42. The zero-order chi connectivity index (χ0) is 14.0. The molecule has 0 fully saturated rings. The number of nitrogens with zero attached hydrogens (tertiary/aromatic N) is 2. The zero-order valence-corrected chi connectivity index (χ0v) is 13.2. The van der Waals surface area contributed by atoms with Crippen LogP contribution in [0.5, 0.6) is 0 Å². The lowest BCUT2D eigenvalue weighted by Gasteiger charge is -2.12. The van der Waals surface area contributed by atoms with E-state index in [2.05, 4.69) is 77.1 Å². The maximum Gasteiger partial charge on any atom is 0.135 e. The Balaban J connectivity index is 2.35. The van der Waals surface area contributed by atoms with Gasteiger partial charge in [-0.1, -0.05) is 26.0 Å². The fourth-order valence-corrected chi connectivity index (χ4v) is 2.16. The average Bonchev–Trinajstić information content (AvgIpc) is 2.33. The SMILES string of the molecule is Cc1ccc(C)c(Nc2cc(Br)nc(C(C)C)n2)c1. The number of rotatable bonds is 3. The van der Waals surface area contributed by atoms with Crippen molar-refractivity contribution < 1.29 is 0 Å². The summed E-state index contributed by atoms with van der Waals surface area (Å²) in [5.41, 5.74) is 3.51. The van der Waals surface area contributed by atoms with Gasteiger partial charge in [-0.25, -0.2) is 9.97 Å². The molecular weight excluding hydrogens is 302 g/mol. The summed E-state index contributed by atoms with van der Waals surface area (Å²) >= 11 is 3.44. The summed E-state index contributed by atoms with van der Waals surface area (Å²) in [4.78, 5) is 8.93. The van der Waals surface area contributed by atoms with Crippen LogP contribution in [-0.2, 0) is 0 Å². The summed E-state index contributed by atoms with van der Waals surface area (Å²) in [6, 6.07) is 8.24. The first-order valence-corrected chi connectivity index (χ1v) is 7.14. The molecule has 4 heteroatoms. The van der Waals surface area contributed by atoms with E-state index in [9.17, 15) is 0 Å². The fourth-order valence-electron chi connectivity index (χ4n) is 1.77. The highest BCUT2D eigenvalue weighted by molar-refractivity contribution is 9.10. The number of aromatic nitrogens is 2. The molecule has 0 unspecified atom stereocenters. The Kier molecular flexibility index (Phi) is 4.20. The molecule has 0 amide bonds. The molecule has 3 nitrogen and oxygen atoms in total. The van der Waals surface area contributed by atoms with E-state index in [0.29, 0.717) is 5.92 Å². The molecule has 0 saturated heterocycles. The number of hydrogen-bond acceptors (Lipinski definition) is 3. The van der Waals surface area contributed by atoms with Crippen molar-refractivity contribution in [1.29, 1.82) is 0 Å². The topological polar surface area (TPSA) is 37.8 Å². The van der Waals surface area contributed by atoms with E-state index in [1.54, 1.807) is 0 Å². The smallest absolute Gasteiger partial charge is 0.135 e.